The van der Waals surface area contributed by atoms with Crippen molar-refractivity contribution in [3.05, 3.63) is 12.3 Å². The van der Waals surface area contributed by atoms with E-state index in [-0.39, 0.29) is 11.8 Å². The second kappa shape index (κ2) is 6.42. The molecule has 1 unspecified atom stereocenters. The molecule has 0 saturated heterocycles. The first kappa shape index (κ1) is 13.7. The van der Waals surface area contributed by atoms with Gasteiger partial charge in [0.25, 0.3) is 0 Å². The van der Waals surface area contributed by atoms with Crippen LogP contribution in [0.15, 0.2) is 12.3 Å². The van der Waals surface area contributed by atoms with Crippen LogP contribution in [-0.4, -0.2) is 25.0 Å². The van der Waals surface area contributed by atoms with Gasteiger partial charge in [-0.2, -0.15) is 0 Å². The van der Waals surface area contributed by atoms with E-state index in [1.807, 2.05) is 6.92 Å². The van der Waals surface area contributed by atoms with Crippen LogP contribution in [0.3, 0.4) is 0 Å². The molecule has 1 fully saturated rings. The molecule has 96 valence electrons. The number of hydrogen-bond donors (Lipinski definition) is 0. The number of ketones is 1. The molecule has 1 saturated carbocycles. The molecule has 0 N–H and O–H groups in total. The highest BCUT2D eigenvalue weighted by Crippen LogP contribution is 2.39. The van der Waals surface area contributed by atoms with E-state index in [9.17, 15) is 9.59 Å². The molecular formula is C13H20O4. The number of allylic oxidation sites excluding steroid dienone is 1. The summed E-state index contributed by atoms with van der Waals surface area (Å²) in [5.41, 5.74) is -0.955. The van der Waals surface area contributed by atoms with Crippen molar-refractivity contribution in [3.8, 4) is 0 Å². The van der Waals surface area contributed by atoms with Crippen LogP contribution in [0.5, 0.6) is 0 Å². The van der Waals surface area contributed by atoms with Crippen molar-refractivity contribution < 1.29 is 19.1 Å². The summed E-state index contributed by atoms with van der Waals surface area (Å²) in [4.78, 5) is 23.8. The largest absolute Gasteiger partial charge is 0.502 e. The Morgan fingerprint density at radius 2 is 2.18 bits per heavy atom. The molecule has 0 aliphatic heterocycles. The lowest BCUT2D eigenvalue weighted by Gasteiger charge is -2.23. The van der Waals surface area contributed by atoms with Crippen molar-refractivity contribution in [1.29, 1.82) is 0 Å². The van der Waals surface area contributed by atoms with Gasteiger partial charge in [0.15, 0.2) is 5.78 Å². The molecule has 1 rings (SSSR count). The lowest BCUT2D eigenvalue weighted by atomic mass is 9.82. The van der Waals surface area contributed by atoms with Crippen LogP contribution in [-0.2, 0) is 19.1 Å². The predicted molar refractivity (Wildman–Crippen MR) is 63.3 cm³/mol. The predicted octanol–water partition coefficient (Wildman–Crippen LogP) is 2.23. The number of ether oxygens (including phenoxy) is 2. The summed E-state index contributed by atoms with van der Waals surface area (Å²) in [6, 6.07) is 0. The number of Topliss-reactive ketones (excluding diaryl/α,β-unsaturated/α-hetero) is 1. The van der Waals surface area contributed by atoms with Crippen molar-refractivity contribution in [3.63, 3.8) is 0 Å². The van der Waals surface area contributed by atoms with Crippen molar-refractivity contribution in [2.45, 2.75) is 39.5 Å². The van der Waals surface area contributed by atoms with Gasteiger partial charge in [0.05, 0.1) is 19.5 Å². The average Bonchev–Trinajstić information content (AvgIpc) is 2.68. The lowest BCUT2D eigenvalue weighted by molar-refractivity contribution is -0.158. The van der Waals surface area contributed by atoms with E-state index in [0.29, 0.717) is 32.5 Å². The number of esters is 1. The summed E-state index contributed by atoms with van der Waals surface area (Å²) in [6.07, 6.45) is 5.49. The third-order valence-corrected chi connectivity index (χ3v) is 3.03. The van der Waals surface area contributed by atoms with E-state index in [4.69, 9.17) is 9.47 Å². The molecule has 1 aliphatic carbocycles. The van der Waals surface area contributed by atoms with Crippen molar-refractivity contribution in [1.82, 2.24) is 0 Å². The molecule has 0 aromatic rings. The van der Waals surface area contributed by atoms with Crippen LogP contribution in [0.25, 0.3) is 0 Å². The molecule has 0 aromatic carbocycles. The minimum atomic E-state index is -0.955. The Hall–Kier alpha value is -1.32. The summed E-state index contributed by atoms with van der Waals surface area (Å²) in [7, 11) is 0. The van der Waals surface area contributed by atoms with Gasteiger partial charge < -0.3 is 9.47 Å². The molecule has 0 bridgehead atoms. The van der Waals surface area contributed by atoms with Crippen molar-refractivity contribution >= 4 is 11.8 Å². The monoisotopic (exact) mass is 240 g/mol. The smallest absolute Gasteiger partial charge is 0.319 e. The van der Waals surface area contributed by atoms with Crippen molar-refractivity contribution in [2.24, 2.45) is 5.41 Å². The van der Waals surface area contributed by atoms with Crippen LogP contribution in [0.4, 0.5) is 0 Å². The van der Waals surface area contributed by atoms with E-state index in [1.54, 1.807) is 19.3 Å². The van der Waals surface area contributed by atoms with Crippen LogP contribution < -0.4 is 0 Å². The SMILES string of the molecule is CCO/C=C\CC1(C(=O)OCC)CCCC1=O. The Balaban J connectivity index is 2.73. The highest BCUT2D eigenvalue weighted by Gasteiger charge is 2.48. The fourth-order valence-electron chi connectivity index (χ4n) is 2.13. The molecule has 17 heavy (non-hydrogen) atoms. The van der Waals surface area contributed by atoms with E-state index in [1.165, 1.54) is 0 Å². The van der Waals surface area contributed by atoms with Crippen LogP contribution in [0.1, 0.15) is 39.5 Å². The second-order valence-corrected chi connectivity index (χ2v) is 4.11. The maximum absolute atomic E-state index is 11.9. The number of hydrogen-bond acceptors (Lipinski definition) is 4. The zero-order chi connectivity index (χ0) is 12.7. The van der Waals surface area contributed by atoms with Gasteiger partial charge in [-0.1, -0.05) is 0 Å². The summed E-state index contributed by atoms with van der Waals surface area (Å²) in [6.45, 7) is 4.52. The van der Waals surface area contributed by atoms with E-state index < -0.39 is 5.41 Å². The molecular weight excluding hydrogens is 220 g/mol. The van der Waals surface area contributed by atoms with Crippen molar-refractivity contribution in [2.75, 3.05) is 13.2 Å². The molecule has 4 nitrogen and oxygen atoms in total. The van der Waals surface area contributed by atoms with Gasteiger partial charge in [0, 0.05) is 6.42 Å². The maximum atomic E-state index is 11.9. The summed E-state index contributed by atoms with van der Waals surface area (Å²) >= 11 is 0. The fraction of sp³-hybridized carbons (Fsp3) is 0.692. The number of carbonyl (C=O) groups excluding carboxylic acids is 2. The van der Waals surface area contributed by atoms with E-state index >= 15 is 0 Å². The first-order chi connectivity index (χ1) is 8.17. The first-order valence-corrected chi connectivity index (χ1v) is 6.14. The molecule has 1 atom stereocenters. The van der Waals surface area contributed by atoms with Crippen LogP contribution in [0.2, 0.25) is 0 Å². The third kappa shape index (κ3) is 3.08. The van der Waals surface area contributed by atoms with Gasteiger partial charge >= 0.3 is 5.97 Å². The van der Waals surface area contributed by atoms with Gasteiger partial charge in [-0.3, -0.25) is 9.59 Å². The Labute approximate surface area is 102 Å². The van der Waals surface area contributed by atoms with Gasteiger partial charge in [0.1, 0.15) is 5.41 Å². The minimum Gasteiger partial charge on any atom is -0.502 e. The normalized spacial score (nSPS) is 24.2. The maximum Gasteiger partial charge on any atom is 0.319 e. The fourth-order valence-corrected chi connectivity index (χ4v) is 2.13. The van der Waals surface area contributed by atoms with Crippen LogP contribution in [0, 0.1) is 5.41 Å². The van der Waals surface area contributed by atoms with Gasteiger partial charge in [-0.15, -0.1) is 0 Å². The summed E-state index contributed by atoms with van der Waals surface area (Å²) in [5.74, 6) is -0.388. The molecule has 0 heterocycles. The topological polar surface area (TPSA) is 52.6 Å². The molecule has 0 amide bonds. The third-order valence-electron chi connectivity index (χ3n) is 3.03. The highest BCUT2D eigenvalue weighted by molar-refractivity contribution is 6.05. The Kier molecular flexibility index (Phi) is 5.19. The second-order valence-electron chi connectivity index (χ2n) is 4.11. The standard InChI is InChI=1S/C13H20O4/c1-3-16-10-6-9-13(12(15)17-4-2)8-5-7-11(13)14/h6,10H,3-5,7-9H2,1-2H3/b10-6-. The van der Waals surface area contributed by atoms with Gasteiger partial charge in [-0.05, 0) is 39.2 Å². The average molecular weight is 240 g/mol. The lowest BCUT2D eigenvalue weighted by Crippen LogP contribution is -2.36. The number of carbonyl (C=O) groups is 2. The molecule has 0 spiro atoms. The molecule has 0 aromatic heterocycles. The van der Waals surface area contributed by atoms with Gasteiger partial charge in [0.2, 0.25) is 0 Å². The Morgan fingerprint density at radius 3 is 2.71 bits per heavy atom. The zero-order valence-corrected chi connectivity index (χ0v) is 10.5. The first-order valence-electron chi connectivity index (χ1n) is 6.14. The number of rotatable bonds is 6. The quantitative estimate of drug-likeness (QED) is 0.406. The summed E-state index contributed by atoms with van der Waals surface area (Å²) < 4.78 is 10.1. The van der Waals surface area contributed by atoms with Crippen LogP contribution >= 0.6 is 0 Å². The molecule has 1 aliphatic rings. The van der Waals surface area contributed by atoms with E-state index in [0.717, 1.165) is 6.42 Å². The Bertz CT molecular complexity index is 309. The van der Waals surface area contributed by atoms with Gasteiger partial charge in [-0.25, -0.2) is 0 Å². The molecule has 4 heteroatoms. The Morgan fingerprint density at radius 1 is 1.41 bits per heavy atom. The van der Waals surface area contributed by atoms with E-state index in [2.05, 4.69) is 0 Å². The highest BCUT2D eigenvalue weighted by atomic mass is 16.5. The molecule has 0 radical (unpaired) electrons. The summed E-state index contributed by atoms with van der Waals surface area (Å²) in [5, 5.41) is 0. The zero-order valence-electron chi connectivity index (χ0n) is 10.5. The minimum absolute atomic E-state index is 0.00269.